The van der Waals surface area contributed by atoms with Crippen molar-refractivity contribution < 1.29 is 4.74 Å². The summed E-state index contributed by atoms with van der Waals surface area (Å²) in [7, 11) is 1.61. The summed E-state index contributed by atoms with van der Waals surface area (Å²) >= 11 is 0. The highest BCUT2D eigenvalue weighted by Gasteiger charge is 2.13. The molecule has 0 aliphatic carbocycles. The summed E-state index contributed by atoms with van der Waals surface area (Å²) in [5, 5.41) is 6.86. The van der Waals surface area contributed by atoms with E-state index in [0.717, 1.165) is 5.56 Å². The fourth-order valence-electron chi connectivity index (χ4n) is 1.46. The molecule has 2 rings (SSSR count). The van der Waals surface area contributed by atoms with E-state index in [9.17, 15) is 0 Å². The summed E-state index contributed by atoms with van der Waals surface area (Å²) < 4.78 is 4.95. The van der Waals surface area contributed by atoms with E-state index >= 15 is 0 Å². The first-order chi connectivity index (χ1) is 7.81. The Hall–Kier alpha value is -1.72. The van der Waals surface area contributed by atoms with Crippen molar-refractivity contribution in [3.63, 3.8) is 0 Å². The van der Waals surface area contributed by atoms with Gasteiger partial charge in [0.05, 0.1) is 6.04 Å². The van der Waals surface area contributed by atoms with Crippen LogP contribution in [0.25, 0.3) is 0 Å². The van der Waals surface area contributed by atoms with Crippen molar-refractivity contribution >= 4 is 0 Å². The first kappa shape index (κ1) is 10.8. The fourth-order valence-corrected chi connectivity index (χ4v) is 1.46. The lowest BCUT2D eigenvalue weighted by molar-refractivity contribution is 0.178. The normalized spacial score (nSPS) is 12.6. The van der Waals surface area contributed by atoms with Gasteiger partial charge in [-0.1, -0.05) is 30.3 Å². The van der Waals surface area contributed by atoms with Crippen LogP contribution in [0.4, 0.5) is 0 Å². The van der Waals surface area contributed by atoms with Crippen LogP contribution >= 0.6 is 0 Å². The van der Waals surface area contributed by atoms with Gasteiger partial charge in [0.25, 0.3) is 0 Å². The highest BCUT2D eigenvalue weighted by Crippen LogP contribution is 2.15. The van der Waals surface area contributed by atoms with Crippen molar-refractivity contribution in [1.82, 2.24) is 15.2 Å². The molecule has 1 aromatic carbocycles. The Morgan fingerprint density at radius 2 is 2.12 bits per heavy atom. The highest BCUT2D eigenvalue weighted by molar-refractivity contribution is 5.23. The van der Waals surface area contributed by atoms with E-state index in [2.05, 4.69) is 15.2 Å². The molecule has 16 heavy (non-hydrogen) atoms. The van der Waals surface area contributed by atoms with Gasteiger partial charge in [0.1, 0.15) is 6.61 Å². The van der Waals surface area contributed by atoms with E-state index in [4.69, 9.17) is 10.5 Å². The monoisotopic (exact) mass is 218 g/mol. The molecule has 5 nitrogen and oxygen atoms in total. The van der Waals surface area contributed by atoms with Crippen LogP contribution in [0.3, 0.4) is 0 Å². The van der Waals surface area contributed by atoms with Crippen molar-refractivity contribution in [2.45, 2.75) is 12.6 Å². The molecule has 3 N–H and O–H groups in total. The molecule has 5 heteroatoms. The molecule has 0 aliphatic heterocycles. The van der Waals surface area contributed by atoms with Gasteiger partial charge >= 0.3 is 0 Å². The number of benzene rings is 1. The fraction of sp³-hybridized carbons (Fsp3) is 0.273. The molecular weight excluding hydrogens is 204 g/mol. The van der Waals surface area contributed by atoms with Crippen molar-refractivity contribution in [2.75, 3.05) is 7.11 Å². The molecule has 1 aromatic heterocycles. The molecule has 0 radical (unpaired) electrons. The Balaban J connectivity index is 2.17. The van der Waals surface area contributed by atoms with E-state index in [0.29, 0.717) is 18.3 Å². The number of nitrogens with zero attached hydrogens (tertiary/aromatic N) is 2. The Labute approximate surface area is 93.7 Å². The Bertz CT molecular complexity index is 440. The third-order valence-corrected chi connectivity index (χ3v) is 2.27. The molecule has 0 saturated heterocycles. The second-order valence-corrected chi connectivity index (χ2v) is 3.46. The molecule has 0 aliphatic rings. The molecular formula is C11H14N4O. The van der Waals surface area contributed by atoms with E-state index in [1.165, 1.54) is 0 Å². The Morgan fingerprint density at radius 3 is 2.81 bits per heavy atom. The molecule has 1 heterocycles. The lowest BCUT2D eigenvalue weighted by Gasteiger charge is -2.06. The minimum atomic E-state index is -0.303. The summed E-state index contributed by atoms with van der Waals surface area (Å²) in [6.07, 6.45) is 0. The number of nitrogens with two attached hydrogens (primary N) is 1. The van der Waals surface area contributed by atoms with Gasteiger partial charge in [-0.25, -0.2) is 4.98 Å². The number of nitrogens with one attached hydrogen (secondary N) is 1. The highest BCUT2D eigenvalue weighted by atomic mass is 16.5. The zero-order chi connectivity index (χ0) is 11.4. The van der Waals surface area contributed by atoms with Gasteiger partial charge < -0.3 is 10.5 Å². The topological polar surface area (TPSA) is 76.8 Å². The maximum Gasteiger partial charge on any atom is 0.171 e. The minimum Gasteiger partial charge on any atom is -0.377 e. The van der Waals surface area contributed by atoms with Crippen LogP contribution in [-0.4, -0.2) is 22.3 Å². The number of methoxy groups -OCH3 is 1. The van der Waals surface area contributed by atoms with Crippen molar-refractivity contribution in [2.24, 2.45) is 5.73 Å². The summed E-state index contributed by atoms with van der Waals surface area (Å²) in [5.41, 5.74) is 7.03. The Kier molecular flexibility index (Phi) is 3.28. The predicted molar refractivity (Wildman–Crippen MR) is 59.6 cm³/mol. The van der Waals surface area contributed by atoms with Crippen molar-refractivity contribution in [1.29, 1.82) is 0 Å². The quantitative estimate of drug-likeness (QED) is 0.802. The number of aromatic nitrogens is 3. The molecule has 0 saturated carbocycles. The largest absolute Gasteiger partial charge is 0.377 e. The molecule has 0 bridgehead atoms. The van der Waals surface area contributed by atoms with E-state index in [1.807, 2.05) is 30.3 Å². The van der Waals surface area contributed by atoms with Gasteiger partial charge in [0, 0.05) is 7.11 Å². The van der Waals surface area contributed by atoms with Crippen LogP contribution in [0.2, 0.25) is 0 Å². The predicted octanol–water partition coefficient (Wildman–Crippen LogP) is 0.999. The van der Waals surface area contributed by atoms with Crippen LogP contribution in [0, 0.1) is 0 Å². The van der Waals surface area contributed by atoms with Gasteiger partial charge in [0.2, 0.25) is 0 Å². The number of H-pyrrole nitrogens is 1. The zero-order valence-corrected chi connectivity index (χ0v) is 9.05. The Morgan fingerprint density at radius 1 is 1.38 bits per heavy atom. The van der Waals surface area contributed by atoms with Gasteiger partial charge in [0.15, 0.2) is 11.6 Å². The number of ether oxygens (including phenoxy) is 1. The first-order valence-corrected chi connectivity index (χ1v) is 5.02. The van der Waals surface area contributed by atoms with Gasteiger partial charge in [-0.05, 0) is 5.56 Å². The second-order valence-electron chi connectivity index (χ2n) is 3.46. The van der Waals surface area contributed by atoms with E-state index in [-0.39, 0.29) is 6.04 Å². The number of rotatable bonds is 4. The van der Waals surface area contributed by atoms with Gasteiger partial charge in [-0.15, -0.1) is 0 Å². The molecule has 0 spiro atoms. The maximum atomic E-state index is 6.04. The zero-order valence-electron chi connectivity index (χ0n) is 9.05. The summed E-state index contributed by atoms with van der Waals surface area (Å²) in [6, 6.07) is 9.44. The summed E-state index contributed by atoms with van der Waals surface area (Å²) in [4.78, 5) is 4.26. The molecule has 1 unspecified atom stereocenters. The lowest BCUT2D eigenvalue weighted by atomic mass is 10.1. The first-order valence-electron chi connectivity index (χ1n) is 5.02. The molecule has 84 valence electrons. The van der Waals surface area contributed by atoms with E-state index < -0.39 is 0 Å². The SMILES string of the molecule is COCc1nc(C(N)c2ccccc2)n[nH]1. The van der Waals surface area contributed by atoms with Crippen molar-refractivity contribution in [3.8, 4) is 0 Å². The maximum absolute atomic E-state index is 6.04. The third-order valence-electron chi connectivity index (χ3n) is 2.27. The molecule has 1 atom stereocenters. The summed E-state index contributed by atoms with van der Waals surface area (Å²) in [5.74, 6) is 1.27. The molecule has 0 amide bonds. The summed E-state index contributed by atoms with van der Waals surface area (Å²) in [6.45, 7) is 0.411. The van der Waals surface area contributed by atoms with E-state index in [1.54, 1.807) is 7.11 Å². The van der Waals surface area contributed by atoms with Gasteiger partial charge in [-0.2, -0.15) is 5.10 Å². The minimum absolute atomic E-state index is 0.303. The van der Waals surface area contributed by atoms with Crippen LogP contribution in [0.5, 0.6) is 0 Å². The van der Waals surface area contributed by atoms with Crippen LogP contribution in [0.1, 0.15) is 23.3 Å². The second kappa shape index (κ2) is 4.87. The van der Waals surface area contributed by atoms with Gasteiger partial charge in [-0.3, -0.25) is 5.10 Å². The lowest BCUT2D eigenvalue weighted by Crippen LogP contribution is -2.13. The van der Waals surface area contributed by atoms with Crippen molar-refractivity contribution in [3.05, 3.63) is 47.5 Å². The average Bonchev–Trinajstić information content (AvgIpc) is 2.78. The standard InChI is InChI=1S/C11H14N4O/c1-16-7-9-13-11(15-14-9)10(12)8-5-3-2-4-6-8/h2-6,10H,7,12H2,1H3,(H,13,14,15). The molecule has 0 fully saturated rings. The third kappa shape index (κ3) is 2.26. The van der Waals surface area contributed by atoms with Crippen LogP contribution in [-0.2, 0) is 11.3 Å². The molecule has 2 aromatic rings. The average molecular weight is 218 g/mol. The number of aromatic amines is 1. The number of hydrogen-bond donors (Lipinski definition) is 2. The van der Waals surface area contributed by atoms with Crippen LogP contribution in [0.15, 0.2) is 30.3 Å². The van der Waals surface area contributed by atoms with Crippen LogP contribution < -0.4 is 5.73 Å². The smallest absolute Gasteiger partial charge is 0.171 e. The number of hydrogen-bond acceptors (Lipinski definition) is 4.